The molecule has 6 heterocycles. The molecule has 3 aromatic heterocycles. The number of hydrogen-bond donors (Lipinski definition) is 1. The topological polar surface area (TPSA) is 127 Å². The first-order valence-electron chi connectivity index (χ1n) is 11.8. The lowest BCUT2D eigenvalue weighted by Gasteiger charge is -2.30. The summed E-state index contributed by atoms with van der Waals surface area (Å²) in [5.74, 6) is 3.55. The largest absolute Gasteiger partial charge is 0.611 e. The number of nitrogens with zero attached hydrogens (tertiary/aromatic N) is 7. The van der Waals surface area contributed by atoms with E-state index in [0.29, 0.717) is 40.6 Å². The molecule has 34 heavy (non-hydrogen) atoms. The Bertz CT molecular complexity index is 1180. The van der Waals surface area contributed by atoms with Crippen LogP contribution in [0.15, 0.2) is 33.9 Å². The Labute approximate surface area is 200 Å². The van der Waals surface area contributed by atoms with Crippen LogP contribution in [0.3, 0.4) is 0 Å². The fourth-order valence-electron chi connectivity index (χ4n) is 5.00. The number of aliphatic hydroxyl groups is 1. The number of aliphatic hydroxyl groups excluding tert-OH is 1. The highest BCUT2D eigenvalue weighted by Gasteiger charge is 2.53. The van der Waals surface area contributed by atoms with E-state index in [2.05, 4.69) is 33.9 Å². The van der Waals surface area contributed by atoms with Gasteiger partial charge in [-0.05, 0) is 42.1 Å². The molecule has 178 valence electrons. The number of aromatic nitrogens is 5. The molecule has 2 fully saturated rings. The van der Waals surface area contributed by atoms with Crippen molar-refractivity contribution in [3.8, 4) is 11.4 Å². The smallest absolute Gasteiger partial charge is 0.230 e. The Morgan fingerprint density at radius 1 is 1.15 bits per heavy atom. The van der Waals surface area contributed by atoms with Gasteiger partial charge in [0.25, 0.3) is 0 Å². The predicted octanol–water partition coefficient (Wildman–Crippen LogP) is 2.13. The van der Waals surface area contributed by atoms with Crippen LogP contribution >= 0.6 is 0 Å². The van der Waals surface area contributed by atoms with Crippen LogP contribution in [0.25, 0.3) is 11.4 Å². The lowest BCUT2D eigenvalue weighted by Crippen LogP contribution is -2.34. The van der Waals surface area contributed by atoms with Crippen molar-refractivity contribution in [1.29, 1.82) is 0 Å². The molecule has 6 rings (SSSR count). The minimum atomic E-state index is -1.12. The summed E-state index contributed by atoms with van der Waals surface area (Å²) in [5.41, 5.74) is 1.73. The minimum absolute atomic E-state index is 0.00213. The molecule has 0 aromatic carbocycles. The molecule has 3 unspecified atom stereocenters. The number of rotatable bonds is 5. The zero-order valence-electron chi connectivity index (χ0n) is 19.2. The number of anilines is 2. The van der Waals surface area contributed by atoms with Crippen molar-refractivity contribution in [2.24, 2.45) is 5.92 Å². The highest BCUT2D eigenvalue weighted by molar-refractivity contribution is 7.91. The van der Waals surface area contributed by atoms with Gasteiger partial charge >= 0.3 is 0 Å². The van der Waals surface area contributed by atoms with E-state index in [4.69, 9.17) is 14.5 Å². The molecule has 3 aliphatic rings. The van der Waals surface area contributed by atoms with Gasteiger partial charge in [-0.2, -0.15) is 9.97 Å². The molecular formula is C23H27N7O3S. The highest BCUT2D eigenvalue weighted by atomic mass is 32.2. The molecule has 3 aromatic rings. The second kappa shape index (κ2) is 8.47. The molecule has 3 aliphatic heterocycles. The Balaban J connectivity index is 1.20. The molecule has 0 bridgehead atoms. The predicted molar refractivity (Wildman–Crippen MR) is 126 cm³/mol. The van der Waals surface area contributed by atoms with Gasteiger partial charge < -0.3 is 24.0 Å². The lowest BCUT2D eigenvalue weighted by molar-refractivity contribution is 0.261. The second-order valence-corrected chi connectivity index (χ2v) is 10.9. The van der Waals surface area contributed by atoms with Crippen molar-refractivity contribution in [2.45, 2.75) is 56.2 Å². The Kier molecular flexibility index (Phi) is 5.42. The van der Waals surface area contributed by atoms with E-state index in [9.17, 15) is 9.66 Å². The van der Waals surface area contributed by atoms with E-state index in [0.717, 1.165) is 37.2 Å². The summed E-state index contributed by atoms with van der Waals surface area (Å²) in [6.07, 6.45) is 5.22. The summed E-state index contributed by atoms with van der Waals surface area (Å²) in [6, 6.07) is 3.73. The maximum absolute atomic E-state index is 12.7. The first-order chi connectivity index (χ1) is 16.5. The van der Waals surface area contributed by atoms with Gasteiger partial charge in [0.1, 0.15) is 17.7 Å². The average molecular weight is 482 g/mol. The minimum Gasteiger partial charge on any atom is -0.611 e. The molecular weight excluding hydrogens is 454 g/mol. The molecule has 3 atom stereocenters. The van der Waals surface area contributed by atoms with Gasteiger partial charge in [0, 0.05) is 43.4 Å². The van der Waals surface area contributed by atoms with Crippen LogP contribution in [0.4, 0.5) is 11.8 Å². The van der Waals surface area contributed by atoms with Gasteiger partial charge in [0.05, 0.1) is 6.04 Å². The average Bonchev–Trinajstić information content (AvgIpc) is 3.16. The number of fused-ring (bicyclic) bond motifs is 1. The van der Waals surface area contributed by atoms with Crippen LogP contribution in [-0.2, 0) is 17.6 Å². The van der Waals surface area contributed by atoms with Crippen molar-refractivity contribution < 1.29 is 14.2 Å². The molecule has 1 N–H and O–H groups in total. The quantitative estimate of drug-likeness (QED) is 0.428. The fraction of sp³-hybridized carbons (Fsp3) is 0.522. The summed E-state index contributed by atoms with van der Waals surface area (Å²) in [7, 11) is 0. The Morgan fingerprint density at radius 3 is 2.62 bits per heavy atom. The second-order valence-electron chi connectivity index (χ2n) is 9.43. The molecule has 11 heteroatoms. The lowest BCUT2D eigenvalue weighted by atomic mass is 9.97. The van der Waals surface area contributed by atoms with Crippen LogP contribution in [-0.4, -0.2) is 65.9 Å². The summed E-state index contributed by atoms with van der Waals surface area (Å²) < 4.78 is 18.3. The molecule has 0 spiro atoms. The monoisotopic (exact) mass is 481 g/mol. The van der Waals surface area contributed by atoms with Gasteiger partial charge in [0.2, 0.25) is 22.6 Å². The molecule has 10 nitrogen and oxygen atoms in total. The van der Waals surface area contributed by atoms with E-state index in [1.165, 1.54) is 0 Å². The van der Waals surface area contributed by atoms with Crippen LogP contribution in [0.5, 0.6) is 0 Å². The normalized spacial score (nSPS) is 24.7. The van der Waals surface area contributed by atoms with Gasteiger partial charge in [0.15, 0.2) is 5.82 Å². The SMILES string of the molecule is CC(C)C1C(O)N1c1nc(N2CCC(c3nc(-c4ccncc4)no3)CC2)nc2c1[S+]([O-])CC2. The number of piperidine rings is 1. The third-order valence-corrected chi connectivity index (χ3v) is 8.36. The number of hydrogen-bond acceptors (Lipinski definition) is 10. The van der Waals surface area contributed by atoms with E-state index >= 15 is 0 Å². The van der Waals surface area contributed by atoms with Crippen LogP contribution in [0.1, 0.15) is 44.2 Å². The maximum atomic E-state index is 12.7. The number of pyridine rings is 1. The fourth-order valence-corrected chi connectivity index (χ4v) is 6.34. The van der Waals surface area contributed by atoms with E-state index in [1.807, 2.05) is 17.0 Å². The molecule has 0 radical (unpaired) electrons. The molecule has 2 saturated heterocycles. The first kappa shape index (κ1) is 21.8. The van der Waals surface area contributed by atoms with Crippen molar-refractivity contribution in [2.75, 3.05) is 28.6 Å². The van der Waals surface area contributed by atoms with Crippen molar-refractivity contribution in [1.82, 2.24) is 25.1 Å². The van der Waals surface area contributed by atoms with Crippen molar-refractivity contribution in [3.05, 3.63) is 36.1 Å². The molecule has 0 aliphatic carbocycles. The van der Waals surface area contributed by atoms with E-state index < -0.39 is 17.4 Å². The molecule has 0 saturated carbocycles. The summed E-state index contributed by atoms with van der Waals surface area (Å²) in [5, 5.41) is 14.6. The Morgan fingerprint density at radius 2 is 1.91 bits per heavy atom. The van der Waals surface area contributed by atoms with E-state index in [1.54, 1.807) is 12.4 Å². The standard InChI is InChI=1S/C23H27N7O3S/c1-13(2)17-22(31)30(17)20-18-16(7-12-34(18)32)25-23(27-20)29-10-5-15(6-11-29)21-26-19(28-33-21)14-3-8-24-9-4-14/h3-4,8-9,13,15,17,22,31H,5-7,10-12H2,1-2H3. The number of aryl methyl sites for hydroxylation is 1. The van der Waals surface area contributed by atoms with Crippen LogP contribution in [0.2, 0.25) is 0 Å². The van der Waals surface area contributed by atoms with Crippen LogP contribution < -0.4 is 9.80 Å². The van der Waals surface area contributed by atoms with Gasteiger partial charge in [-0.15, -0.1) is 0 Å². The summed E-state index contributed by atoms with van der Waals surface area (Å²) in [6.45, 7) is 5.68. The van der Waals surface area contributed by atoms with Crippen molar-refractivity contribution in [3.63, 3.8) is 0 Å². The third kappa shape index (κ3) is 3.71. The third-order valence-electron chi connectivity index (χ3n) is 6.91. The maximum Gasteiger partial charge on any atom is 0.230 e. The van der Waals surface area contributed by atoms with E-state index in [-0.39, 0.29) is 17.9 Å². The summed E-state index contributed by atoms with van der Waals surface area (Å²) in [4.78, 5) is 23.0. The van der Waals surface area contributed by atoms with Gasteiger partial charge in [-0.1, -0.05) is 19.0 Å². The van der Waals surface area contributed by atoms with Crippen molar-refractivity contribution >= 4 is 22.9 Å². The highest BCUT2D eigenvalue weighted by Crippen LogP contribution is 2.44. The van der Waals surface area contributed by atoms with Crippen LogP contribution in [0, 0.1) is 5.92 Å². The Hall–Kier alpha value is -2.76. The molecule has 0 amide bonds. The zero-order valence-corrected chi connectivity index (χ0v) is 20.0. The first-order valence-corrected chi connectivity index (χ1v) is 13.1. The summed E-state index contributed by atoms with van der Waals surface area (Å²) >= 11 is -1.12. The van der Waals surface area contributed by atoms with Gasteiger partial charge in [-0.3, -0.25) is 4.98 Å². The van der Waals surface area contributed by atoms with Gasteiger partial charge in [-0.25, -0.2) is 4.98 Å². The zero-order chi connectivity index (χ0) is 23.4.